The number of aromatic amines is 2. The number of nitrogens with one attached hydrogen (secondary N) is 7. The van der Waals surface area contributed by atoms with Gasteiger partial charge in [0.25, 0.3) is 0 Å². The van der Waals surface area contributed by atoms with Crippen LogP contribution in [0.4, 0.5) is 0 Å². The SMILES string of the molecule is NC(N)=NCCC[C@H](NC(=O)[C@H](CS)NC(=O)[C@H](CCCN=C(N)N)NC(=O)[C@H](CCCN=C(N)N)NC(=O)[C@@H](N)Cc1c[nH]c2ccccc12)C(=O)N[C@@H](Cc1c[nH]c2ccccc12)C(=O)O. The van der Waals surface area contributed by atoms with Crippen LogP contribution in [-0.2, 0) is 41.6 Å². The predicted molar refractivity (Wildman–Crippen MR) is 263 cm³/mol. The quantitative estimate of drug-likeness (QED) is 0.0120. The normalized spacial score (nSPS) is 13.7. The first kappa shape index (κ1) is 53.1. The molecular formula is C43H63N17O7S. The number of hydrogen-bond acceptors (Lipinski definition) is 11. The third-order valence-electron chi connectivity index (χ3n) is 10.7. The van der Waals surface area contributed by atoms with Crippen molar-refractivity contribution in [3.63, 3.8) is 0 Å². The maximum absolute atomic E-state index is 14.0. The van der Waals surface area contributed by atoms with Crippen molar-refractivity contribution in [1.29, 1.82) is 0 Å². The monoisotopic (exact) mass is 961 g/mol. The molecule has 2 heterocycles. The van der Waals surface area contributed by atoms with E-state index in [9.17, 15) is 33.9 Å². The number of carboxylic acids is 1. The van der Waals surface area contributed by atoms with E-state index in [1.165, 1.54) is 0 Å². The number of fused-ring (bicyclic) bond motifs is 2. The number of amides is 5. The van der Waals surface area contributed by atoms with Crippen molar-refractivity contribution >= 4 is 87.8 Å². The number of para-hydroxylation sites is 2. The molecule has 0 saturated carbocycles. The van der Waals surface area contributed by atoms with Gasteiger partial charge in [-0.3, -0.25) is 38.9 Å². The maximum atomic E-state index is 14.0. The van der Waals surface area contributed by atoms with Crippen LogP contribution in [0.5, 0.6) is 0 Å². The van der Waals surface area contributed by atoms with E-state index in [-0.39, 0.29) is 94.6 Å². The van der Waals surface area contributed by atoms with Gasteiger partial charge in [-0.05, 0) is 68.2 Å². The number of thiol groups is 1. The van der Waals surface area contributed by atoms with Crippen LogP contribution in [0.15, 0.2) is 75.9 Å². The molecule has 25 heteroatoms. The number of guanidine groups is 3. The minimum absolute atomic E-state index is 0.0349. The molecule has 0 aliphatic heterocycles. The summed E-state index contributed by atoms with van der Waals surface area (Å²) >= 11 is 4.30. The van der Waals surface area contributed by atoms with Gasteiger partial charge in [0.1, 0.15) is 30.2 Å². The largest absolute Gasteiger partial charge is 0.480 e. The van der Waals surface area contributed by atoms with Gasteiger partial charge in [0.15, 0.2) is 17.9 Å². The molecule has 24 nitrogen and oxygen atoms in total. The Balaban J connectivity index is 1.51. The van der Waals surface area contributed by atoms with Gasteiger partial charge in [-0.2, -0.15) is 12.6 Å². The van der Waals surface area contributed by atoms with Gasteiger partial charge < -0.3 is 81.8 Å². The zero-order chi connectivity index (χ0) is 49.8. The Bertz CT molecular complexity index is 2440. The molecule has 0 radical (unpaired) electrons. The minimum Gasteiger partial charge on any atom is -0.480 e. The smallest absolute Gasteiger partial charge is 0.326 e. The number of aromatic nitrogens is 2. The number of carboxylic acid groups (broad SMARTS) is 1. The second-order valence-electron chi connectivity index (χ2n) is 15.9. The fourth-order valence-corrected chi connectivity index (χ4v) is 7.49. The summed E-state index contributed by atoms with van der Waals surface area (Å²) in [6.45, 7) is 0.284. The molecule has 68 heavy (non-hydrogen) atoms. The molecule has 0 aliphatic rings. The Morgan fingerprint density at radius 1 is 0.529 bits per heavy atom. The molecule has 4 rings (SSSR count). The maximum Gasteiger partial charge on any atom is 0.326 e. The fourth-order valence-electron chi connectivity index (χ4n) is 7.23. The number of hydrogen-bond donors (Lipinski definition) is 16. The Labute approximate surface area is 397 Å². The average molecular weight is 962 g/mol. The van der Waals surface area contributed by atoms with Crippen LogP contribution < -0.4 is 66.7 Å². The molecule has 2 aromatic carbocycles. The van der Waals surface area contributed by atoms with Gasteiger partial charge >= 0.3 is 5.97 Å². The molecule has 6 atom stereocenters. The number of rotatable bonds is 28. The van der Waals surface area contributed by atoms with E-state index >= 15 is 0 Å². The summed E-state index contributed by atoms with van der Waals surface area (Å²) in [5.41, 5.74) is 42.3. The molecule has 368 valence electrons. The molecule has 0 unspecified atom stereocenters. The molecule has 2 aromatic heterocycles. The van der Waals surface area contributed by atoms with Crippen molar-refractivity contribution in [2.75, 3.05) is 25.4 Å². The van der Waals surface area contributed by atoms with E-state index in [2.05, 4.69) is 64.2 Å². The van der Waals surface area contributed by atoms with Crippen molar-refractivity contribution < 1.29 is 33.9 Å². The van der Waals surface area contributed by atoms with E-state index in [0.29, 0.717) is 5.56 Å². The van der Waals surface area contributed by atoms with Crippen LogP contribution in [0.3, 0.4) is 0 Å². The number of aliphatic carboxylic acids is 1. The van der Waals surface area contributed by atoms with Crippen LogP contribution in [0.2, 0.25) is 0 Å². The first-order valence-corrected chi connectivity index (χ1v) is 22.5. The summed E-state index contributed by atoms with van der Waals surface area (Å²) < 4.78 is 0. The summed E-state index contributed by atoms with van der Waals surface area (Å²) in [5.74, 6) is -6.02. The third-order valence-corrected chi connectivity index (χ3v) is 11.1. The zero-order valence-electron chi connectivity index (χ0n) is 37.4. The van der Waals surface area contributed by atoms with Gasteiger partial charge in [0, 0.05) is 66.0 Å². The molecule has 0 saturated heterocycles. The minimum atomic E-state index is -1.39. The second-order valence-corrected chi connectivity index (χ2v) is 16.3. The van der Waals surface area contributed by atoms with E-state index in [4.69, 9.17) is 40.1 Å². The average Bonchev–Trinajstić information content (AvgIpc) is 3.91. The standard InChI is InChI=1S/C43H63N17O7S/c44-27(18-23-20-54-28-10-3-1-8-25(23)28)35(61)56-30(12-5-15-51-41(45)46)36(62)57-32(14-7-17-53-43(49)50)38(64)60-34(22-68)39(65)58-31(13-6-16-52-42(47)48)37(63)59-33(40(66)67)19-24-21-55-29-11-4-2-9-26(24)29/h1-4,8-11,20-21,27,30-34,54-55,68H,5-7,12-19,22,44H2,(H,56,61)(H,57,62)(H,58,65)(H,59,63)(H,60,64)(H,66,67)(H4,45,46,51)(H4,47,48,52)(H4,49,50,53)/t27-,30-,31-,32-,33-,34-/m0/s1. The van der Waals surface area contributed by atoms with Gasteiger partial charge in [0.2, 0.25) is 29.5 Å². The number of nitrogens with zero attached hydrogens (tertiary/aromatic N) is 3. The van der Waals surface area contributed by atoms with Gasteiger partial charge in [-0.25, -0.2) is 4.79 Å². The number of nitrogens with two attached hydrogens (primary N) is 7. The van der Waals surface area contributed by atoms with Crippen molar-refractivity contribution in [3.8, 4) is 0 Å². The van der Waals surface area contributed by atoms with Crippen molar-refractivity contribution in [3.05, 3.63) is 72.1 Å². The summed E-state index contributed by atoms with van der Waals surface area (Å²) in [4.78, 5) is 99.8. The molecule has 0 spiro atoms. The van der Waals surface area contributed by atoms with Crippen molar-refractivity contribution in [2.45, 2.75) is 87.6 Å². The first-order valence-electron chi connectivity index (χ1n) is 21.8. The number of carbonyl (C=O) groups excluding carboxylic acids is 5. The predicted octanol–water partition coefficient (Wildman–Crippen LogP) is -2.64. The molecule has 0 aliphatic carbocycles. The highest BCUT2D eigenvalue weighted by atomic mass is 32.1. The Kier molecular flexibility index (Phi) is 20.7. The van der Waals surface area contributed by atoms with Crippen LogP contribution in [0, 0.1) is 0 Å². The summed E-state index contributed by atoms with van der Waals surface area (Å²) in [6, 6.07) is 7.09. The number of benzene rings is 2. The van der Waals surface area contributed by atoms with E-state index in [1.807, 2.05) is 42.5 Å². The van der Waals surface area contributed by atoms with E-state index in [0.717, 1.165) is 27.4 Å². The van der Waals surface area contributed by atoms with Gasteiger partial charge in [0.05, 0.1) is 6.04 Å². The molecule has 0 fully saturated rings. The molecular weight excluding hydrogens is 899 g/mol. The van der Waals surface area contributed by atoms with Crippen LogP contribution >= 0.6 is 12.6 Å². The first-order chi connectivity index (χ1) is 32.5. The summed E-state index contributed by atoms with van der Waals surface area (Å²) in [6.07, 6.45) is 4.07. The number of H-pyrrole nitrogens is 2. The Hall–Kier alpha value is -7.54. The van der Waals surface area contributed by atoms with Crippen LogP contribution in [0.1, 0.15) is 49.7 Å². The lowest BCUT2D eigenvalue weighted by Crippen LogP contribution is -2.59. The highest BCUT2D eigenvalue weighted by Crippen LogP contribution is 2.20. The van der Waals surface area contributed by atoms with E-state index < -0.39 is 71.8 Å². The fraction of sp³-hybridized carbons (Fsp3) is 0.419. The lowest BCUT2D eigenvalue weighted by atomic mass is 10.0. The number of aliphatic imine (C=N–C) groups is 3. The Morgan fingerprint density at radius 3 is 1.28 bits per heavy atom. The lowest BCUT2D eigenvalue weighted by molar-refractivity contribution is -0.142. The third kappa shape index (κ3) is 16.7. The van der Waals surface area contributed by atoms with Gasteiger partial charge in [-0.1, -0.05) is 36.4 Å². The van der Waals surface area contributed by atoms with Crippen molar-refractivity contribution in [2.24, 2.45) is 55.1 Å². The van der Waals surface area contributed by atoms with Gasteiger partial charge in [-0.15, -0.1) is 0 Å². The van der Waals surface area contributed by atoms with Crippen LogP contribution in [-0.4, -0.2) is 130 Å². The lowest BCUT2D eigenvalue weighted by Gasteiger charge is -2.27. The summed E-state index contributed by atoms with van der Waals surface area (Å²) in [7, 11) is 0. The topological polar surface area (TPSA) is 434 Å². The summed E-state index contributed by atoms with van der Waals surface area (Å²) in [5, 5.41) is 24.9. The second kappa shape index (κ2) is 26.6. The highest BCUT2D eigenvalue weighted by Gasteiger charge is 2.33. The molecule has 4 aromatic rings. The van der Waals surface area contributed by atoms with Crippen LogP contribution in [0.25, 0.3) is 21.8 Å². The molecule has 22 N–H and O–H groups in total. The zero-order valence-corrected chi connectivity index (χ0v) is 38.3. The molecule has 0 bridgehead atoms. The number of carbonyl (C=O) groups is 6. The van der Waals surface area contributed by atoms with E-state index in [1.54, 1.807) is 18.5 Å². The Morgan fingerprint density at radius 2 is 0.882 bits per heavy atom. The molecule has 5 amide bonds. The van der Waals surface area contributed by atoms with Crippen molar-refractivity contribution in [1.82, 2.24) is 36.6 Å². The highest BCUT2D eigenvalue weighted by molar-refractivity contribution is 7.80.